The Morgan fingerprint density at radius 2 is 1.96 bits per heavy atom. The van der Waals surface area contributed by atoms with Crippen molar-refractivity contribution >= 4 is 33.8 Å². The molecule has 3 aromatic heterocycles. The van der Waals surface area contributed by atoms with E-state index in [1.807, 2.05) is 10.6 Å². The number of rotatable bonds is 2. The summed E-state index contributed by atoms with van der Waals surface area (Å²) in [5.41, 5.74) is 3.37. The van der Waals surface area contributed by atoms with E-state index >= 15 is 4.39 Å². The molecule has 3 heterocycles. The molecule has 5 rings (SSSR count). The molecule has 132 valence electrons. The van der Waals surface area contributed by atoms with Crippen molar-refractivity contribution in [1.29, 1.82) is 0 Å². The topological polar surface area (TPSA) is 72.3 Å². The summed E-state index contributed by atoms with van der Waals surface area (Å²) in [6.07, 6.45) is 9.04. The summed E-state index contributed by atoms with van der Waals surface area (Å²) < 4.78 is 17.0. The number of imidazole rings is 2. The number of aromatic amines is 1. The first-order valence-corrected chi connectivity index (χ1v) is 9.11. The van der Waals surface area contributed by atoms with E-state index in [2.05, 4.69) is 24.9 Å². The van der Waals surface area contributed by atoms with Crippen molar-refractivity contribution in [1.82, 2.24) is 29.5 Å². The maximum absolute atomic E-state index is 15.0. The van der Waals surface area contributed by atoms with Gasteiger partial charge in [0.05, 0.1) is 18.2 Å². The third kappa shape index (κ3) is 2.46. The number of aromatic nitrogens is 6. The predicted octanol–water partition coefficient (Wildman–Crippen LogP) is 4.67. The van der Waals surface area contributed by atoms with Gasteiger partial charge in [0, 0.05) is 11.6 Å². The van der Waals surface area contributed by atoms with Gasteiger partial charge in [0.15, 0.2) is 5.65 Å². The normalized spacial score (nSPS) is 15.9. The first kappa shape index (κ1) is 15.7. The lowest BCUT2D eigenvalue weighted by Crippen LogP contribution is -2.12. The Hall–Kier alpha value is -2.54. The quantitative estimate of drug-likeness (QED) is 0.520. The van der Waals surface area contributed by atoms with Gasteiger partial charge in [0.25, 0.3) is 0 Å². The van der Waals surface area contributed by atoms with E-state index in [-0.39, 0.29) is 11.1 Å². The van der Waals surface area contributed by atoms with E-state index in [4.69, 9.17) is 11.6 Å². The smallest absolute Gasteiger partial charge is 0.225 e. The highest BCUT2D eigenvalue weighted by Crippen LogP contribution is 2.34. The van der Waals surface area contributed by atoms with Crippen molar-refractivity contribution in [2.24, 2.45) is 0 Å². The minimum atomic E-state index is -0.303. The molecule has 0 spiro atoms. The van der Waals surface area contributed by atoms with Crippen LogP contribution in [0.1, 0.15) is 38.1 Å². The fraction of sp³-hybridized carbons (Fsp3) is 0.333. The van der Waals surface area contributed by atoms with Crippen LogP contribution < -0.4 is 0 Å². The third-order valence-electron chi connectivity index (χ3n) is 5.12. The number of nitrogens with one attached hydrogen (secondary N) is 1. The standard InChI is InChI=1S/C18H16ClFN6/c19-18-24-14(15-17(25-18)22-8-21-15)10-6-12(20)16-13(7-10)23-9-26(16)11-4-2-1-3-5-11/h6-9,11H,1-5H2,(H,21,22,24,25). The minimum Gasteiger partial charge on any atom is -0.341 e. The molecule has 0 atom stereocenters. The summed E-state index contributed by atoms with van der Waals surface area (Å²) in [5, 5.41) is 0.0767. The molecular formula is C18H16ClFN6. The molecule has 0 radical (unpaired) electrons. The maximum atomic E-state index is 15.0. The fourth-order valence-electron chi connectivity index (χ4n) is 3.91. The molecule has 6 nitrogen and oxygen atoms in total. The Kier molecular flexibility index (Phi) is 3.63. The lowest BCUT2D eigenvalue weighted by molar-refractivity contribution is 0.358. The molecule has 0 bridgehead atoms. The van der Waals surface area contributed by atoms with Gasteiger partial charge in [-0.15, -0.1) is 0 Å². The average molecular weight is 371 g/mol. The summed E-state index contributed by atoms with van der Waals surface area (Å²) >= 11 is 6.00. The Morgan fingerprint density at radius 3 is 2.81 bits per heavy atom. The van der Waals surface area contributed by atoms with Crippen LogP contribution >= 0.6 is 11.6 Å². The van der Waals surface area contributed by atoms with Crippen molar-refractivity contribution in [2.75, 3.05) is 0 Å². The molecule has 1 N–H and O–H groups in total. The highest BCUT2D eigenvalue weighted by Gasteiger charge is 2.21. The zero-order valence-corrected chi connectivity index (χ0v) is 14.7. The molecule has 4 aromatic rings. The molecule has 0 saturated heterocycles. The maximum Gasteiger partial charge on any atom is 0.225 e. The second kappa shape index (κ2) is 6.02. The van der Waals surface area contributed by atoms with E-state index in [1.54, 1.807) is 6.33 Å². The van der Waals surface area contributed by atoms with E-state index in [0.29, 0.717) is 39.5 Å². The molecule has 1 aliphatic rings. The number of halogens is 2. The van der Waals surface area contributed by atoms with Crippen LogP contribution in [0.5, 0.6) is 0 Å². The number of fused-ring (bicyclic) bond motifs is 2. The molecule has 1 aliphatic carbocycles. The van der Waals surface area contributed by atoms with Crippen LogP contribution in [0.25, 0.3) is 33.5 Å². The Bertz CT molecular complexity index is 1110. The first-order chi connectivity index (χ1) is 12.7. The van der Waals surface area contributed by atoms with Crippen LogP contribution in [0.2, 0.25) is 5.28 Å². The average Bonchev–Trinajstić information content (AvgIpc) is 3.28. The molecule has 0 aliphatic heterocycles. The van der Waals surface area contributed by atoms with Gasteiger partial charge in [-0.25, -0.2) is 19.3 Å². The van der Waals surface area contributed by atoms with E-state index < -0.39 is 0 Å². The van der Waals surface area contributed by atoms with Gasteiger partial charge < -0.3 is 9.55 Å². The van der Waals surface area contributed by atoms with Crippen LogP contribution in [-0.4, -0.2) is 29.5 Å². The van der Waals surface area contributed by atoms with Crippen LogP contribution in [0.15, 0.2) is 24.8 Å². The van der Waals surface area contributed by atoms with Gasteiger partial charge in [-0.3, -0.25) is 0 Å². The van der Waals surface area contributed by atoms with Crippen molar-refractivity contribution in [2.45, 2.75) is 38.1 Å². The zero-order chi connectivity index (χ0) is 17.7. The van der Waals surface area contributed by atoms with E-state index in [0.717, 1.165) is 12.8 Å². The predicted molar refractivity (Wildman–Crippen MR) is 97.5 cm³/mol. The lowest BCUT2D eigenvalue weighted by atomic mass is 9.95. The Balaban J connectivity index is 1.67. The minimum absolute atomic E-state index is 0.0767. The second-order valence-electron chi connectivity index (χ2n) is 6.71. The number of nitrogens with zero attached hydrogens (tertiary/aromatic N) is 5. The summed E-state index contributed by atoms with van der Waals surface area (Å²) in [5.74, 6) is -0.303. The second-order valence-corrected chi connectivity index (χ2v) is 7.05. The zero-order valence-electron chi connectivity index (χ0n) is 13.9. The molecule has 0 amide bonds. The number of hydrogen-bond donors (Lipinski definition) is 1. The Morgan fingerprint density at radius 1 is 1.12 bits per heavy atom. The highest BCUT2D eigenvalue weighted by molar-refractivity contribution is 6.28. The van der Waals surface area contributed by atoms with Gasteiger partial charge in [-0.2, -0.15) is 4.98 Å². The lowest BCUT2D eigenvalue weighted by Gasteiger charge is -2.23. The monoisotopic (exact) mass is 370 g/mol. The molecule has 1 saturated carbocycles. The van der Waals surface area contributed by atoms with Crippen LogP contribution in [0, 0.1) is 5.82 Å². The van der Waals surface area contributed by atoms with Gasteiger partial charge in [-0.1, -0.05) is 19.3 Å². The molecular weight excluding hydrogens is 355 g/mol. The van der Waals surface area contributed by atoms with Crippen LogP contribution in [0.4, 0.5) is 4.39 Å². The molecule has 0 unspecified atom stereocenters. The van der Waals surface area contributed by atoms with Crippen molar-refractivity contribution < 1.29 is 4.39 Å². The van der Waals surface area contributed by atoms with E-state index in [1.165, 1.54) is 31.7 Å². The summed E-state index contributed by atoms with van der Waals surface area (Å²) in [7, 11) is 0. The Labute approximate surface area is 153 Å². The van der Waals surface area contributed by atoms with Gasteiger partial charge in [0.2, 0.25) is 5.28 Å². The fourth-order valence-corrected chi connectivity index (χ4v) is 4.07. The van der Waals surface area contributed by atoms with Crippen molar-refractivity contribution in [3.8, 4) is 11.3 Å². The molecule has 8 heteroatoms. The van der Waals surface area contributed by atoms with Crippen LogP contribution in [-0.2, 0) is 0 Å². The van der Waals surface area contributed by atoms with Crippen LogP contribution in [0.3, 0.4) is 0 Å². The number of hydrogen-bond acceptors (Lipinski definition) is 4. The van der Waals surface area contributed by atoms with Gasteiger partial charge >= 0.3 is 0 Å². The van der Waals surface area contributed by atoms with E-state index in [9.17, 15) is 0 Å². The van der Waals surface area contributed by atoms with Crippen molar-refractivity contribution in [3.63, 3.8) is 0 Å². The largest absolute Gasteiger partial charge is 0.341 e. The van der Waals surface area contributed by atoms with Gasteiger partial charge in [-0.05, 0) is 36.6 Å². The van der Waals surface area contributed by atoms with Crippen molar-refractivity contribution in [3.05, 3.63) is 35.9 Å². The van der Waals surface area contributed by atoms with Gasteiger partial charge in [0.1, 0.15) is 22.5 Å². The SMILES string of the molecule is Fc1cc(-c2nc(Cl)nc3nc[nH]c23)cc2ncn(C3CCCCC3)c12. The molecule has 1 aromatic carbocycles. The molecule has 26 heavy (non-hydrogen) atoms. The number of H-pyrrole nitrogens is 1. The summed E-state index contributed by atoms with van der Waals surface area (Å²) in [6.45, 7) is 0. The summed E-state index contributed by atoms with van der Waals surface area (Å²) in [6, 6.07) is 3.65. The summed E-state index contributed by atoms with van der Waals surface area (Å²) in [4.78, 5) is 19.9. The molecule has 1 fully saturated rings. The highest BCUT2D eigenvalue weighted by atomic mass is 35.5. The number of benzene rings is 1. The third-order valence-corrected chi connectivity index (χ3v) is 5.29. The first-order valence-electron chi connectivity index (χ1n) is 8.74.